The van der Waals surface area contributed by atoms with Crippen molar-refractivity contribution in [1.29, 1.82) is 0 Å². The molecule has 0 radical (unpaired) electrons. The van der Waals surface area contributed by atoms with Crippen LogP contribution in [0.5, 0.6) is 0 Å². The Labute approximate surface area is 105 Å². The third-order valence-electron chi connectivity index (χ3n) is 2.41. The SMILES string of the molecule is NC(=O)N/N=C/c1ccc(-c2ccccc2)cc1. The monoisotopic (exact) mass is 239 g/mol. The second-order valence-corrected chi connectivity index (χ2v) is 3.72. The van der Waals surface area contributed by atoms with Gasteiger partial charge in [0.1, 0.15) is 0 Å². The molecule has 0 aliphatic heterocycles. The number of rotatable bonds is 3. The maximum absolute atomic E-state index is 10.4. The highest BCUT2D eigenvalue weighted by Gasteiger charge is 1.95. The second-order valence-electron chi connectivity index (χ2n) is 3.72. The molecule has 2 aromatic carbocycles. The van der Waals surface area contributed by atoms with E-state index in [1.54, 1.807) is 6.21 Å². The van der Waals surface area contributed by atoms with Gasteiger partial charge in [0.15, 0.2) is 0 Å². The minimum Gasteiger partial charge on any atom is -0.350 e. The number of urea groups is 1. The molecule has 4 nitrogen and oxygen atoms in total. The molecule has 3 N–H and O–H groups in total. The lowest BCUT2D eigenvalue weighted by atomic mass is 10.0. The average Bonchev–Trinajstić information content (AvgIpc) is 2.40. The van der Waals surface area contributed by atoms with Crippen molar-refractivity contribution in [3.63, 3.8) is 0 Å². The van der Waals surface area contributed by atoms with Crippen molar-refractivity contribution in [2.45, 2.75) is 0 Å². The van der Waals surface area contributed by atoms with Crippen LogP contribution in [0.4, 0.5) is 4.79 Å². The van der Waals surface area contributed by atoms with Gasteiger partial charge in [-0.1, -0.05) is 54.6 Å². The fourth-order valence-electron chi connectivity index (χ4n) is 1.56. The highest BCUT2D eigenvalue weighted by molar-refractivity contribution is 5.82. The van der Waals surface area contributed by atoms with Gasteiger partial charge in [-0.3, -0.25) is 0 Å². The summed E-state index contributed by atoms with van der Waals surface area (Å²) in [6.45, 7) is 0. The number of benzene rings is 2. The molecule has 90 valence electrons. The van der Waals surface area contributed by atoms with Crippen LogP contribution in [0.25, 0.3) is 11.1 Å². The maximum atomic E-state index is 10.4. The first-order valence-electron chi connectivity index (χ1n) is 5.50. The molecular weight excluding hydrogens is 226 g/mol. The number of nitrogens with zero attached hydrogens (tertiary/aromatic N) is 1. The maximum Gasteiger partial charge on any atom is 0.332 e. The van der Waals surface area contributed by atoms with Crippen molar-refractivity contribution in [3.8, 4) is 11.1 Å². The van der Waals surface area contributed by atoms with E-state index in [2.05, 4.69) is 22.7 Å². The molecule has 0 unspecified atom stereocenters. The van der Waals surface area contributed by atoms with E-state index in [1.807, 2.05) is 42.5 Å². The number of nitrogens with two attached hydrogens (primary N) is 1. The Hall–Kier alpha value is -2.62. The lowest BCUT2D eigenvalue weighted by Gasteiger charge is -2.01. The van der Waals surface area contributed by atoms with Gasteiger partial charge in [0.05, 0.1) is 6.21 Å². The first kappa shape index (κ1) is 11.9. The Morgan fingerprint density at radius 2 is 1.61 bits per heavy atom. The molecule has 0 fully saturated rings. The van der Waals surface area contributed by atoms with Crippen LogP contribution in [0.3, 0.4) is 0 Å². The largest absolute Gasteiger partial charge is 0.350 e. The number of amides is 2. The van der Waals surface area contributed by atoms with Crippen LogP contribution in [0, 0.1) is 0 Å². The van der Waals surface area contributed by atoms with Gasteiger partial charge in [0, 0.05) is 0 Å². The summed E-state index contributed by atoms with van der Waals surface area (Å²) in [5, 5.41) is 3.69. The molecule has 4 heteroatoms. The van der Waals surface area contributed by atoms with Gasteiger partial charge in [0.25, 0.3) is 0 Å². The van der Waals surface area contributed by atoms with Gasteiger partial charge in [-0.15, -0.1) is 0 Å². The highest BCUT2D eigenvalue weighted by atomic mass is 16.2. The van der Waals surface area contributed by atoms with Crippen molar-refractivity contribution in [1.82, 2.24) is 5.43 Å². The lowest BCUT2D eigenvalue weighted by Crippen LogP contribution is -2.24. The van der Waals surface area contributed by atoms with Crippen molar-refractivity contribution in [2.75, 3.05) is 0 Å². The number of carbonyl (C=O) groups excluding carboxylic acids is 1. The second kappa shape index (κ2) is 5.63. The molecule has 0 aliphatic carbocycles. The zero-order chi connectivity index (χ0) is 12.8. The molecule has 0 aliphatic rings. The summed E-state index contributed by atoms with van der Waals surface area (Å²) in [5.74, 6) is 0. The fraction of sp³-hybridized carbons (Fsp3) is 0. The molecule has 0 aromatic heterocycles. The van der Waals surface area contributed by atoms with Crippen molar-refractivity contribution in [3.05, 3.63) is 60.2 Å². The highest BCUT2D eigenvalue weighted by Crippen LogP contribution is 2.18. The number of primary amides is 1. The number of nitrogens with one attached hydrogen (secondary N) is 1. The van der Waals surface area contributed by atoms with Crippen LogP contribution < -0.4 is 11.2 Å². The van der Waals surface area contributed by atoms with Gasteiger partial charge in [-0.25, -0.2) is 10.2 Å². The van der Waals surface area contributed by atoms with E-state index < -0.39 is 6.03 Å². The zero-order valence-corrected chi connectivity index (χ0v) is 9.71. The topological polar surface area (TPSA) is 67.5 Å². The summed E-state index contributed by atoms with van der Waals surface area (Å²) < 4.78 is 0. The zero-order valence-electron chi connectivity index (χ0n) is 9.71. The molecule has 0 heterocycles. The number of hydrogen-bond donors (Lipinski definition) is 2. The quantitative estimate of drug-likeness (QED) is 0.626. The van der Waals surface area contributed by atoms with Crippen LogP contribution in [0.2, 0.25) is 0 Å². The van der Waals surface area contributed by atoms with Crippen LogP contribution in [0.1, 0.15) is 5.56 Å². The number of hydrazone groups is 1. The van der Waals surface area contributed by atoms with Gasteiger partial charge in [-0.2, -0.15) is 5.10 Å². The molecule has 2 aromatic rings. The molecular formula is C14H13N3O. The lowest BCUT2D eigenvalue weighted by molar-refractivity contribution is 0.249. The Morgan fingerprint density at radius 3 is 2.22 bits per heavy atom. The van der Waals surface area contributed by atoms with E-state index >= 15 is 0 Å². The predicted octanol–water partition coefficient (Wildman–Crippen LogP) is 2.36. The molecule has 0 saturated heterocycles. The molecule has 18 heavy (non-hydrogen) atoms. The van der Waals surface area contributed by atoms with Crippen molar-refractivity contribution >= 4 is 12.2 Å². The van der Waals surface area contributed by atoms with Crippen molar-refractivity contribution < 1.29 is 4.79 Å². The Bertz CT molecular complexity index is 547. The first-order chi connectivity index (χ1) is 8.75. The van der Waals surface area contributed by atoms with Gasteiger partial charge < -0.3 is 5.73 Å². The third-order valence-corrected chi connectivity index (χ3v) is 2.41. The minimum atomic E-state index is -0.674. The minimum absolute atomic E-state index is 0.674. The summed E-state index contributed by atoms with van der Waals surface area (Å²) in [6, 6.07) is 17.3. The van der Waals surface area contributed by atoms with Gasteiger partial charge in [0.2, 0.25) is 0 Å². The van der Waals surface area contributed by atoms with E-state index in [9.17, 15) is 4.79 Å². The van der Waals surface area contributed by atoms with Crippen molar-refractivity contribution in [2.24, 2.45) is 10.8 Å². The van der Waals surface area contributed by atoms with Crippen LogP contribution in [-0.2, 0) is 0 Å². The third kappa shape index (κ3) is 3.18. The van der Waals surface area contributed by atoms with E-state index in [0.717, 1.165) is 16.7 Å². The Morgan fingerprint density at radius 1 is 1.00 bits per heavy atom. The van der Waals surface area contributed by atoms with Gasteiger partial charge in [-0.05, 0) is 16.7 Å². The first-order valence-corrected chi connectivity index (χ1v) is 5.50. The van der Waals surface area contributed by atoms with E-state index in [1.165, 1.54) is 0 Å². The molecule has 2 amide bonds. The number of hydrogen-bond acceptors (Lipinski definition) is 2. The van der Waals surface area contributed by atoms with Crippen LogP contribution in [0.15, 0.2) is 59.7 Å². The molecule has 0 spiro atoms. The Kier molecular flexibility index (Phi) is 3.71. The van der Waals surface area contributed by atoms with Crippen LogP contribution in [-0.4, -0.2) is 12.2 Å². The van der Waals surface area contributed by atoms with E-state index in [4.69, 9.17) is 5.73 Å². The average molecular weight is 239 g/mol. The predicted molar refractivity (Wildman–Crippen MR) is 72.2 cm³/mol. The normalized spacial score (nSPS) is 10.4. The summed E-state index contributed by atoms with van der Waals surface area (Å²) in [4.78, 5) is 10.4. The standard InChI is InChI=1S/C14H13N3O/c15-14(18)17-16-10-11-6-8-13(9-7-11)12-4-2-1-3-5-12/h1-10H,(H3,15,17,18)/b16-10+. The summed E-state index contributed by atoms with van der Waals surface area (Å²) in [5.41, 5.74) is 10.2. The molecule has 0 saturated carbocycles. The number of carbonyl (C=O) groups is 1. The molecule has 0 bridgehead atoms. The van der Waals surface area contributed by atoms with E-state index in [-0.39, 0.29) is 0 Å². The fourth-order valence-corrected chi connectivity index (χ4v) is 1.56. The smallest absolute Gasteiger partial charge is 0.332 e. The Balaban J connectivity index is 2.11. The summed E-state index contributed by atoms with van der Waals surface area (Å²) >= 11 is 0. The summed E-state index contributed by atoms with van der Waals surface area (Å²) in [6.07, 6.45) is 1.54. The summed E-state index contributed by atoms with van der Waals surface area (Å²) in [7, 11) is 0. The van der Waals surface area contributed by atoms with E-state index in [0.29, 0.717) is 0 Å². The van der Waals surface area contributed by atoms with Gasteiger partial charge >= 0.3 is 6.03 Å². The molecule has 0 atom stereocenters. The van der Waals surface area contributed by atoms with Crippen LogP contribution >= 0.6 is 0 Å². The molecule has 2 rings (SSSR count).